The number of hydrogen-bond donors (Lipinski definition) is 1. The third kappa shape index (κ3) is 3.35. The Kier molecular flexibility index (Phi) is 4.34. The van der Waals surface area contributed by atoms with Crippen molar-refractivity contribution in [2.75, 3.05) is 18.9 Å². The van der Waals surface area contributed by atoms with Gasteiger partial charge in [0.1, 0.15) is 16.6 Å². The van der Waals surface area contributed by atoms with Gasteiger partial charge in [-0.25, -0.2) is 13.6 Å². The summed E-state index contributed by atoms with van der Waals surface area (Å²) in [7, 11) is 1.25. The van der Waals surface area contributed by atoms with Crippen molar-refractivity contribution in [2.45, 2.75) is 13.3 Å². The van der Waals surface area contributed by atoms with Crippen molar-refractivity contribution in [1.29, 1.82) is 5.26 Å². The average Bonchev–Trinajstić information content (AvgIpc) is 2.58. The minimum absolute atomic E-state index is 0.258. The Bertz CT molecular complexity index is 454. The number of nitrogens with zero attached hydrogens (tertiary/aromatic N) is 3. The predicted octanol–water partition coefficient (Wildman–Crippen LogP) is 2.05. The maximum absolute atomic E-state index is 12.1. The Morgan fingerprint density at radius 3 is 2.88 bits per heavy atom. The number of halogens is 2. The minimum Gasteiger partial charge on any atom is -0.322 e. The first kappa shape index (κ1) is 13.3. The Morgan fingerprint density at radius 1 is 1.71 bits per heavy atom. The third-order valence-electron chi connectivity index (χ3n) is 1.95. The lowest BCUT2D eigenvalue weighted by Crippen LogP contribution is -2.34. The number of nitrogens with one attached hydrogen (secondary N) is 1. The molecule has 2 amide bonds. The van der Waals surface area contributed by atoms with Gasteiger partial charge in [-0.3, -0.25) is 5.32 Å². The summed E-state index contributed by atoms with van der Waals surface area (Å²) in [4.78, 5) is 12.3. The second-order valence-electron chi connectivity index (χ2n) is 3.29. The molecule has 0 radical (unpaired) electrons. The Morgan fingerprint density at radius 2 is 2.35 bits per heavy atom. The highest BCUT2D eigenvalue weighted by molar-refractivity contribution is 7.10. The van der Waals surface area contributed by atoms with Crippen molar-refractivity contribution in [2.24, 2.45) is 0 Å². The van der Waals surface area contributed by atoms with Crippen LogP contribution in [0, 0.1) is 18.3 Å². The van der Waals surface area contributed by atoms with E-state index < -0.39 is 19.0 Å². The van der Waals surface area contributed by atoms with E-state index in [1.165, 1.54) is 7.05 Å². The van der Waals surface area contributed by atoms with Crippen molar-refractivity contribution < 1.29 is 13.6 Å². The van der Waals surface area contributed by atoms with E-state index in [0.717, 1.165) is 16.4 Å². The summed E-state index contributed by atoms with van der Waals surface area (Å²) in [6.07, 6.45) is -2.59. The number of anilines is 1. The van der Waals surface area contributed by atoms with Crippen LogP contribution in [0.15, 0.2) is 0 Å². The van der Waals surface area contributed by atoms with E-state index in [4.69, 9.17) is 5.26 Å². The Hall–Kier alpha value is -1.75. The molecule has 0 spiro atoms. The molecular formula is C9H10F2N4OS. The second-order valence-corrected chi connectivity index (χ2v) is 4.06. The van der Waals surface area contributed by atoms with Crippen LogP contribution < -0.4 is 5.32 Å². The molecule has 0 saturated heterocycles. The highest BCUT2D eigenvalue weighted by Crippen LogP contribution is 2.23. The van der Waals surface area contributed by atoms with Gasteiger partial charge in [-0.05, 0) is 18.5 Å². The number of hydrogen-bond acceptors (Lipinski definition) is 4. The topological polar surface area (TPSA) is 69.0 Å². The van der Waals surface area contributed by atoms with Crippen molar-refractivity contribution in [3.8, 4) is 6.07 Å². The van der Waals surface area contributed by atoms with Gasteiger partial charge in [-0.1, -0.05) is 0 Å². The number of aryl methyl sites for hydroxylation is 1. The number of carbonyl (C=O) groups is 1. The van der Waals surface area contributed by atoms with Gasteiger partial charge in [0.15, 0.2) is 0 Å². The Labute approximate surface area is 101 Å². The zero-order valence-corrected chi connectivity index (χ0v) is 10.0. The van der Waals surface area contributed by atoms with Crippen LogP contribution in [0.3, 0.4) is 0 Å². The number of alkyl halides is 2. The van der Waals surface area contributed by atoms with Crippen LogP contribution in [0.5, 0.6) is 0 Å². The first-order valence-electron chi connectivity index (χ1n) is 4.62. The monoisotopic (exact) mass is 260 g/mol. The molecular weight excluding hydrogens is 250 g/mol. The summed E-state index contributed by atoms with van der Waals surface area (Å²) in [5, 5.41) is 11.5. The fraction of sp³-hybridized carbons (Fsp3) is 0.444. The highest BCUT2D eigenvalue weighted by Gasteiger charge is 2.17. The molecule has 1 aromatic rings. The van der Waals surface area contributed by atoms with Crippen molar-refractivity contribution in [3.63, 3.8) is 0 Å². The lowest BCUT2D eigenvalue weighted by atomic mass is 10.3. The molecule has 92 valence electrons. The van der Waals surface area contributed by atoms with Crippen LogP contribution >= 0.6 is 11.5 Å². The van der Waals surface area contributed by atoms with Crippen LogP contribution in [0.4, 0.5) is 18.6 Å². The summed E-state index contributed by atoms with van der Waals surface area (Å²) in [6, 6.07) is 1.21. The van der Waals surface area contributed by atoms with Gasteiger partial charge in [0.05, 0.1) is 12.2 Å². The number of carbonyl (C=O) groups excluding carboxylic acids is 1. The second kappa shape index (κ2) is 5.54. The van der Waals surface area contributed by atoms with Gasteiger partial charge in [0.2, 0.25) is 0 Å². The molecule has 1 heterocycles. The van der Waals surface area contributed by atoms with E-state index in [2.05, 4.69) is 9.69 Å². The molecule has 1 aromatic heterocycles. The SMILES string of the molecule is Cc1nsc(NC(=O)N(C)CC(F)F)c1C#N. The fourth-order valence-corrected chi connectivity index (χ4v) is 1.81. The van der Waals surface area contributed by atoms with Crippen LogP contribution in [-0.4, -0.2) is 35.3 Å². The molecule has 0 aromatic carbocycles. The molecule has 0 atom stereocenters. The molecule has 1 N–H and O–H groups in total. The molecule has 0 aliphatic carbocycles. The van der Waals surface area contributed by atoms with Crippen LogP contribution in [0.25, 0.3) is 0 Å². The standard InChI is InChI=1S/C9H10F2N4OS/c1-5-6(3-12)8(17-14-5)13-9(16)15(2)4-7(10)11/h7H,4H2,1-2H3,(H,13,16). The molecule has 1 rings (SSSR count). The maximum atomic E-state index is 12.1. The smallest absolute Gasteiger partial charge is 0.322 e. The van der Waals surface area contributed by atoms with E-state index in [0.29, 0.717) is 5.69 Å². The lowest BCUT2D eigenvalue weighted by molar-refractivity contribution is 0.111. The van der Waals surface area contributed by atoms with E-state index in [-0.39, 0.29) is 10.6 Å². The summed E-state index contributed by atoms with van der Waals surface area (Å²) >= 11 is 0.947. The zero-order chi connectivity index (χ0) is 13.0. The summed E-state index contributed by atoms with van der Waals surface area (Å²) in [6.45, 7) is 0.971. The van der Waals surface area contributed by atoms with Gasteiger partial charge < -0.3 is 4.90 Å². The first-order chi connectivity index (χ1) is 7.95. The van der Waals surface area contributed by atoms with Crippen LogP contribution in [0.1, 0.15) is 11.3 Å². The molecule has 0 bridgehead atoms. The number of amides is 2. The number of urea groups is 1. The van der Waals surface area contributed by atoms with Crippen molar-refractivity contribution in [1.82, 2.24) is 9.27 Å². The quantitative estimate of drug-likeness (QED) is 0.904. The van der Waals surface area contributed by atoms with Gasteiger partial charge in [-0.15, -0.1) is 0 Å². The minimum atomic E-state index is -2.59. The van der Waals surface area contributed by atoms with Gasteiger partial charge >= 0.3 is 6.03 Å². The van der Waals surface area contributed by atoms with Gasteiger partial charge in [0, 0.05) is 7.05 Å². The molecule has 8 heteroatoms. The van der Waals surface area contributed by atoms with E-state index in [1.807, 2.05) is 6.07 Å². The molecule has 0 saturated carbocycles. The summed E-state index contributed by atoms with van der Waals surface area (Å²) in [5.41, 5.74) is 0.762. The maximum Gasteiger partial charge on any atom is 0.322 e. The molecule has 0 fully saturated rings. The predicted molar refractivity (Wildman–Crippen MR) is 59.2 cm³/mol. The first-order valence-corrected chi connectivity index (χ1v) is 5.39. The molecule has 0 aliphatic heterocycles. The summed E-state index contributed by atoms with van der Waals surface area (Å²) in [5.74, 6) is 0. The van der Waals surface area contributed by atoms with E-state index in [1.54, 1.807) is 6.92 Å². The molecule has 5 nitrogen and oxygen atoms in total. The third-order valence-corrected chi connectivity index (χ3v) is 2.81. The van der Waals surface area contributed by atoms with Crippen molar-refractivity contribution >= 4 is 22.6 Å². The van der Waals surface area contributed by atoms with Crippen molar-refractivity contribution in [3.05, 3.63) is 11.3 Å². The van der Waals surface area contributed by atoms with Crippen LogP contribution in [-0.2, 0) is 0 Å². The van der Waals surface area contributed by atoms with Gasteiger partial charge in [0.25, 0.3) is 6.43 Å². The fourth-order valence-electron chi connectivity index (χ4n) is 1.07. The largest absolute Gasteiger partial charge is 0.322 e. The van der Waals surface area contributed by atoms with E-state index >= 15 is 0 Å². The highest BCUT2D eigenvalue weighted by atomic mass is 32.1. The zero-order valence-electron chi connectivity index (χ0n) is 9.20. The normalized spacial score (nSPS) is 10.1. The average molecular weight is 260 g/mol. The van der Waals surface area contributed by atoms with Crippen LogP contribution in [0.2, 0.25) is 0 Å². The lowest BCUT2D eigenvalue weighted by Gasteiger charge is -2.16. The van der Waals surface area contributed by atoms with E-state index in [9.17, 15) is 13.6 Å². The Balaban J connectivity index is 2.72. The number of aromatic nitrogens is 1. The molecule has 0 unspecified atom stereocenters. The molecule has 0 aliphatic rings. The summed E-state index contributed by atoms with van der Waals surface area (Å²) < 4.78 is 28.0. The molecule has 17 heavy (non-hydrogen) atoms. The number of nitriles is 1. The number of rotatable bonds is 3. The van der Waals surface area contributed by atoms with Gasteiger partial charge in [-0.2, -0.15) is 9.64 Å².